The molecule has 3 rings (SSSR count). The van der Waals surface area contributed by atoms with Gasteiger partial charge >= 0.3 is 0 Å². The fraction of sp³-hybridized carbons (Fsp3) is 0.444. The second kappa shape index (κ2) is 7.74. The maximum absolute atomic E-state index is 5.46. The Kier molecular flexibility index (Phi) is 5.43. The molecule has 0 fully saturated rings. The molecule has 134 valence electrons. The van der Waals surface area contributed by atoms with Crippen LogP contribution in [0.25, 0.3) is 0 Å². The monoisotopic (exact) mass is 360 g/mol. The Morgan fingerprint density at radius 2 is 2.12 bits per heavy atom. The number of nitrogens with one attached hydrogen (secondary N) is 1. The summed E-state index contributed by atoms with van der Waals surface area (Å²) >= 11 is 1.71. The topological polar surface area (TPSA) is 59.0 Å². The first-order valence-electron chi connectivity index (χ1n) is 8.37. The number of rotatable bonds is 5. The highest BCUT2D eigenvalue weighted by molar-refractivity contribution is 7.11. The predicted octanol–water partition coefficient (Wildman–Crippen LogP) is 3.09. The summed E-state index contributed by atoms with van der Waals surface area (Å²) in [6, 6.07) is 6.04. The summed E-state index contributed by atoms with van der Waals surface area (Å²) in [6.07, 6.45) is 0. The van der Waals surface area contributed by atoms with Gasteiger partial charge in [0.15, 0.2) is 17.5 Å². The molecule has 0 saturated heterocycles. The third kappa shape index (κ3) is 4.22. The van der Waals surface area contributed by atoms with Gasteiger partial charge in [0.1, 0.15) is 0 Å². The molecule has 1 N–H and O–H groups in total. The van der Waals surface area contributed by atoms with E-state index in [1.165, 1.54) is 4.88 Å². The Labute approximate surface area is 152 Å². The van der Waals surface area contributed by atoms with Crippen LogP contribution in [0.4, 0.5) is 0 Å². The fourth-order valence-corrected chi connectivity index (χ4v) is 3.59. The van der Waals surface area contributed by atoms with E-state index in [0.29, 0.717) is 13.3 Å². The molecule has 0 bridgehead atoms. The highest BCUT2D eigenvalue weighted by Gasteiger charge is 2.15. The molecule has 0 spiro atoms. The van der Waals surface area contributed by atoms with Gasteiger partial charge in [-0.3, -0.25) is 0 Å². The molecule has 0 unspecified atom stereocenters. The lowest BCUT2D eigenvalue weighted by molar-refractivity contribution is 0.174. The van der Waals surface area contributed by atoms with Crippen molar-refractivity contribution >= 4 is 17.3 Å². The summed E-state index contributed by atoms with van der Waals surface area (Å²) in [5.41, 5.74) is 2.22. The molecule has 6 nitrogen and oxygen atoms in total. The van der Waals surface area contributed by atoms with Gasteiger partial charge < -0.3 is 19.7 Å². The number of benzene rings is 1. The van der Waals surface area contributed by atoms with Crippen LogP contribution in [0.3, 0.4) is 0 Å². The van der Waals surface area contributed by atoms with Crippen LogP contribution in [0.2, 0.25) is 0 Å². The zero-order chi connectivity index (χ0) is 17.8. The lowest BCUT2D eigenvalue weighted by Gasteiger charge is -2.22. The zero-order valence-electron chi connectivity index (χ0n) is 15.1. The average Bonchev–Trinajstić information content (AvgIpc) is 3.16. The molecular weight excluding hydrogens is 336 g/mol. The number of nitrogens with zero attached hydrogens (tertiary/aromatic N) is 3. The Bertz CT molecular complexity index is 772. The van der Waals surface area contributed by atoms with Crippen LogP contribution < -0.4 is 14.8 Å². The van der Waals surface area contributed by atoms with E-state index >= 15 is 0 Å². The van der Waals surface area contributed by atoms with Crippen molar-refractivity contribution in [2.45, 2.75) is 33.9 Å². The third-order valence-corrected chi connectivity index (χ3v) is 4.98. The number of aliphatic imine (C=N–C) groups is 1. The van der Waals surface area contributed by atoms with Gasteiger partial charge in [0.05, 0.1) is 17.2 Å². The number of ether oxygens (including phenoxy) is 2. The summed E-state index contributed by atoms with van der Waals surface area (Å²) < 4.78 is 10.8. The van der Waals surface area contributed by atoms with Crippen LogP contribution in [-0.2, 0) is 13.1 Å². The number of aromatic nitrogens is 1. The van der Waals surface area contributed by atoms with Gasteiger partial charge in [-0.25, -0.2) is 9.98 Å². The summed E-state index contributed by atoms with van der Waals surface area (Å²) in [5, 5.41) is 4.44. The van der Waals surface area contributed by atoms with E-state index in [2.05, 4.69) is 28.2 Å². The minimum absolute atomic E-state index is 0.298. The zero-order valence-corrected chi connectivity index (χ0v) is 15.9. The van der Waals surface area contributed by atoms with Gasteiger partial charge in [-0.2, -0.15) is 0 Å². The minimum atomic E-state index is 0.298. The van der Waals surface area contributed by atoms with Gasteiger partial charge in [-0.15, -0.1) is 11.3 Å². The van der Waals surface area contributed by atoms with Crippen molar-refractivity contribution in [1.29, 1.82) is 0 Å². The van der Waals surface area contributed by atoms with Crippen molar-refractivity contribution in [2.24, 2.45) is 4.99 Å². The van der Waals surface area contributed by atoms with E-state index in [1.54, 1.807) is 11.3 Å². The second-order valence-electron chi connectivity index (χ2n) is 5.96. The molecule has 1 aromatic carbocycles. The van der Waals surface area contributed by atoms with Crippen molar-refractivity contribution in [3.05, 3.63) is 39.3 Å². The van der Waals surface area contributed by atoms with Crippen LogP contribution in [0.5, 0.6) is 11.5 Å². The Hall–Kier alpha value is -2.28. The smallest absolute Gasteiger partial charge is 0.231 e. The summed E-state index contributed by atoms with van der Waals surface area (Å²) in [4.78, 5) is 12.6. The van der Waals surface area contributed by atoms with Crippen LogP contribution >= 0.6 is 11.3 Å². The van der Waals surface area contributed by atoms with E-state index in [-0.39, 0.29) is 0 Å². The maximum Gasteiger partial charge on any atom is 0.231 e. The highest BCUT2D eigenvalue weighted by Crippen LogP contribution is 2.32. The van der Waals surface area contributed by atoms with Crippen LogP contribution in [-0.4, -0.2) is 36.2 Å². The number of hydrogen-bond acceptors (Lipinski definition) is 5. The van der Waals surface area contributed by atoms with E-state index in [9.17, 15) is 0 Å². The lowest BCUT2D eigenvalue weighted by Crippen LogP contribution is -2.38. The third-order valence-electron chi connectivity index (χ3n) is 3.93. The first-order chi connectivity index (χ1) is 12.1. The number of aryl methyl sites for hydroxylation is 2. The molecule has 7 heteroatoms. The van der Waals surface area contributed by atoms with Crippen molar-refractivity contribution in [3.63, 3.8) is 0 Å². The standard InChI is InChI=1S/C18H24N4O2S/c1-5-19-18(20-9-17-12(2)21-13(3)25-17)22(4)10-14-6-7-15-16(8-14)24-11-23-15/h6-8H,5,9-11H2,1-4H3,(H,19,20). The van der Waals surface area contributed by atoms with Crippen molar-refractivity contribution in [3.8, 4) is 11.5 Å². The Balaban J connectivity index is 1.70. The lowest BCUT2D eigenvalue weighted by atomic mass is 10.2. The Morgan fingerprint density at radius 1 is 1.32 bits per heavy atom. The molecule has 2 heterocycles. The summed E-state index contributed by atoms with van der Waals surface area (Å²) in [6.45, 7) is 8.65. The first-order valence-corrected chi connectivity index (χ1v) is 9.19. The van der Waals surface area contributed by atoms with Gasteiger partial charge in [-0.05, 0) is 38.5 Å². The molecule has 1 aliphatic heterocycles. The van der Waals surface area contributed by atoms with E-state index in [1.807, 2.05) is 33.0 Å². The first kappa shape index (κ1) is 17.5. The molecule has 1 aromatic heterocycles. The molecule has 0 aliphatic carbocycles. The van der Waals surface area contributed by atoms with Crippen LogP contribution in [0, 0.1) is 13.8 Å². The molecule has 0 saturated carbocycles. The number of thiazole rings is 1. The van der Waals surface area contributed by atoms with E-state index in [0.717, 1.165) is 46.8 Å². The molecule has 2 aromatic rings. The molecule has 25 heavy (non-hydrogen) atoms. The van der Waals surface area contributed by atoms with Gasteiger partial charge in [0.25, 0.3) is 0 Å². The quantitative estimate of drug-likeness (QED) is 0.656. The van der Waals surface area contributed by atoms with Gasteiger partial charge in [0, 0.05) is 25.0 Å². The largest absolute Gasteiger partial charge is 0.454 e. The molecule has 0 amide bonds. The number of hydrogen-bond donors (Lipinski definition) is 1. The minimum Gasteiger partial charge on any atom is -0.454 e. The molecular formula is C18H24N4O2S. The van der Waals surface area contributed by atoms with Crippen molar-refractivity contribution in [1.82, 2.24) is 15.2 Å². The maximum atomic E-state index is 5.46. The summed E-state index contributed by atoms with van der Waals surface area (Å²) in [7, 11) is 2.04. The number of guanidine groups is 1. The van der Waals surface area contributed by atoms with E-state index < -0.39 is 0 Å². The van der Waals surface area contributed by atoms with Gasteiger partial charge in [-0.1, -0.05) is 6.07 Å². The number of fused-ring (bicyclic) bond motifs is 1. The normalized spacial score (nSPS) is 13.2. The van der Waals surface area contributed by atoms with Gasteiger partial charge in [0.2, 0.25) is 6.79 Å². The van der Waals surface area contributed by atoms with Crippen molar-refractivity contribution in [2.75, 3.05) is 20.4 Å². The average molecular weight is 360 g/mol. The van der Waals surface area contributed by atoms with Crippen molar-refractivity contribution < 1.29 is 9.47 Å². The summed E-state index contributed by atoms with van der Waals surface area (Å²) in [5.74, 6) is 2.50. The van der Waals surface area contributed by atoms with Crippen LogP contribution in [0.1, 0.15) is 28.1 Å². The van der Waals surface area contributed by atoms with E-state index in [4.69, 9.17) is 14.5 Å². The molecule has 0 radical (unpaired) electrons. The molecule has 1 aliphatic rings. The highest BCUT2D eigenvalue weighted by atomic mass is 32.1. The SMILES string of the molecule is CCNC(=NCc1sc(C)nc1C)N(C)Cc1ccc2c(c1)OCO2. The molecule has 0 atom stereocenters. The second-order valence-corrected chi connectivity index (χ2v) is 7.24. The fourth-order valence-electron chi connectivity index (χ4n) is 2.72. The van der Waals surface area contributed by atoms with Crippen LogP contribution in [0.15, 0.2) is 23.2 Å². The Morgan fingerprint density at radius 3 is 2.84 bits per heavy atom. The predicted molar refractivity (Wildman–Crippen MR) is 100 cm³/mol.